The molecular formula is C38H46O. The van der Waals surface area contributed by atoms with E-state index in [4.69, 9.17) is 4.74 Å². The Morgan fingerprint density at radius 3 is 0.872 bits per heavy atom. The summed E-state index contributed by atoms with van der Waals surface area (Å²) < 4.78 is 7.02. The summed E-state index contributed by atoms with van der Waals surface area (Å²) in [6.07, 6.45) is 23.1. The molecule has 4 fully saturated rings. The number of methoxy groups -OCH3 is 1. The zero-order chi connectivity index (χ0) is 25.4. The van der Waals surface area contributed by atoms with Crippen LogP contribution >= 0.6 is 0 Å². The van der Waals surface area contributed by atoms with Crippen LogP contribution in [0.5, 0.6) is 0 Å². The quantitative estimate of drug-likeness (QED) is 0.393. The molecule has 1 nitrogen and oxygen atoms in total. The van der Waals surface area contributed by atoms with Gasteiger partial charge in [0.15, 0.2) is 0 Å². The van der Waals surface area contributed by atoms with Crippen molar-refractivity contribution in [1.82, 2.24) is 0 Å². The van der Waals surface area contributed by atoms with Gasteiger partial charge in [-0.3, -0.25) is 0 Å². The van der Waals surface area contributed by atoms with Gasteiger partial charge < -0.3 is 4.74 Å². The van der Waals surface area contributed by atoms with Crippen molar-refractivity contribution in [1.29, 1.82) is 0 Å². The fraction of sp³-hybridized carbons (Fsp3) is 0.684. The first-order valence-electron chi connectivity index (χ1n) is 17.2. The topological polar surface area (TPSA) is 9.23 Å². The van der Waals surface area contributed by atoms with Crippen molar-refractivity contribution in [3.05, 3.63) is 67.8 Å². The number of rotatable bonds is 3. The van der Waals surface area contributed by atoms with Crippen LogP contribution in [0.1, 0.15) is 212 Å². The Labute approximate surface area is 235 Å². The normalized spacial score (nSPS) is 38.8. The summed E-state index contributed by atoms with van der Waals surface area (Å²) in [4.78, 5) is 0. The van der Waals surface area contributed by atoms with E-state index in [1.807, 2.05) is 22.3 Å². The Morgan fingerprint density at radius 1 is 0.410 bits per heavy atom. The summed E-state index contributed by atoms with van der Waals surface area (Å²) in [7, 11) is 2.10. The Kier molecular flexibility index (Phi) is 4.86. The smallest absolute Gasteiger partial charge is 0.108 e. The molecule has 8 bridgehead atoms. The van der Waals surface area contributed by atoms with Crippen LogP contribution in [0.3, 0.4) is 0 Å². The molecule has 12 aliphatic carbocycles. The van der Waals surface area contributed by atoms with Crippen molar-refractivity contribution in [2.75, 3.05) is 7.11 Å². The van der Waals surface area contributed by atoms with Crippen LogP contribution in [0.2, 0.25) is 0 Å². The van der Waals surface area contributed by atoms with E-state index in [1.54, 1.807) is 33.4 Å². The number of fused-ring (bicyclic) bond motifs is 8. The lowest BCUT2D eigenvalue weighted by molar-refractivity contribution is 0.127. The van der Waals surface area contributed by atoms with E-state index in [2.05, 4.69) is 19.2 Å². The maximum absolute atomic E-state index is 7.02. The molecule has 0 N–H and O–H groups in total. The van der Waals surface area contributed by atoms with Crippen LogP contribution in [-0.4, -0.2) is 7.11 Å². The zero-order valence-electron chi connectivity index (χ0n) is 24.1. The molecule has 2 aromatic carbocycles. The van der Waals surface area contributed by atoms with Gasteiger partial charge in [0, 0.05) is 7.11 Å². The standard InChI is InChI=1S/C38H46O/c1-39-38(36-32-24-10-2-20(3-11-24)28(32)18-29-21-4-12-25(13-5-21)33(29)36)37-34-26-14-6-22(7-15-26)30(34)19-31-23-8-16-27(17-9-23)35(31)37/h18-27,38H,2-17H2,1H3. The molecule has 0 atom stereocenters. The van der Waals surface area contributed by atoms with Crippen molar-refractivity contribution in [3.8, 4) is 0 Å². The summed E-state index contributed by atoms with van der Waals surface area (Å²) >= 11 is 0. The SMILES string of the molecule is COC(c1c2c(cc3c1C1CCC3CC1)C1CCC2CC1)c1c2c(cc3c1C1CCC3CC1)C1CCC2CC1. The van der Waals surface area contributed by atoms with Gasteiger partial charge in [-0.1, -0.05) is 12.1 Å². The monoisotopic (exact) mass is 518 g/mol. The van der Waals surface area contributed by atoms with Crippen LogP contribution in [0.15, 0.2) is 12.1 Å². The lowest BCUT2D eigenvalue weighted by Crippen LogP contribution is -2.34. The molecule has 4 saturated carbocycles. The molecule has 2 aromatic rings. The minimum Gasteiger partial charge on any atom is -0.372 e. The molecule has 0 radical (unpaired) electrons. The predicted octanol–water partition coefficient (Wildman–Crippen LogP) is 10.4. The molecule has 0 unspecified atom stereocenters. The molecular weight excluding hydrogens is 472 g/mol. The second-order valence-electron chi connectivity index (χ2n) is 15.4. The van der Waals surface area contributed by atoms with Crippen molar-refractivity contribution < 1.29 is 4.74 Å². The van der Waals surface area contributed by atoms with Crippen LogP contribution in [0.25, 0.3) is 0 Å². The predicted molar refractivity (Wildman–Crippen MR) is 158 cm³/mol. The van der Waals surface area contributed by atoms with Gasteiger partial charge in [-0.15, -0.1) is 0 Å². The average Bonchev–Trinajstić information content (AvgIpc) is 3.03. The van der Waals surface area contributed by atoms with Gasteiger partial charge in [-0.05, 0) is 206 Å². The number of benzene rings is 2. The van der Waals surface area contributed by atoms with Gasteiger partial charge in [0.1, 0.15) is 6.10 Å². The molecule has 204 valence electrons. The summed E-state index contributed by atoms with van der Waals surface area (Å²) in [5.74, 6) is 6.40. The first-order valence-corrected chi connectivity index (χ1v) is 17.2. The third-order valence-electron chi connectivity index (χ3n) is 14.1. The van der Waals surface area contributed by atoms with Crippen LogP contribution in [0.4, 0.5) is 0 Å². The molecule has 0 aliphatic heterocycles. The maximum Gasteiger partial charge on any atom is 0.108 e. The molecule has 0 amide bonds. The molecule has 14 rings (SSSR count). The first kappa shape index (κ1) is 23.0. The van der Waals surface area contributed by atoms with Crippen LogP contribution in [-0.2, 0) is 4.74 Å². The number of hydrogen-bond acceptors (Lipinski definition) is 1. The highest BCUT2D eigenvalue weighted by molar-refractivity contribution is 5.63. The van der Waals surface area contributed by atoms with Gasteiger partial charge in [0.2, 0.25) is 0 Å². The highest BCUT2D eigenvalue weighted by atomic mass is 16.5. The van der Waals surface area contributed by atoms with E-state index in [1.165, 1.54) is 103 Å². The Bertz CT molecular complexity index is 1150. The van der Waals surface area contributed by atoms with Crippen LogP contribution in [0, 0.1) is 0 Å². The van der Waals surface area contributed by atoms with E-state index in [0.717, 1.165) is 47.3 Å². The summed E-state index contributed by atoms with van der Waals surface area (Å²) in [5, 5.41) is 0. The fourth-order valence-electron chi connectivity index (χ4n) is 12.4. The molecule has 0 spiro atoms. The van der Waals surface area contributed by atoms with E-state index < -0.39 is 0 Å². The van der Waals surface area contributed by atoms with Crippen molar-refractivity contribution >= 4 is 0 Å². The van der Waals surface area contributed by atoms with E-state index >= 15 is 0 Å². The average molecular weight is 519 g/mol. The summed E-state index contributed by atoms with van der Waals surface area (Å²) in [6.45, 7) is 0. The number of ether oxygens (including phenoxy) is 1. The third kappa shape index (κ3) is 2.97. The van der Waals surface area contributed by atoms with Crippen molar-refractivity contribution in [3.63, 3.8) is 0 Å². The van der Waals surface area contributed by atoms with E-state index in [0.29, 0.717) is 0 Å². The molecule has 0 saturated heterocycles. The van der Waals surface area contributed by atoms with Gasteiger partial charge in [0.05, 0.1) is 0 Å². The Balaban J connectivity index is 1.29. The molecule has 39 heavy (non-hydrogen) atoms. The molecule has 0 heterocycles. The summed E-state index contributed by atoms with van der Waals surface area (Å²) in [6, 6.07) is 5.60. The second kappa shape index (κ2) is 8.24. The lowest BCUT2D eigenvalue weighted by Gasteiger charge is -2.49. The zero-order valence-corrected chi connectivity index (χ0v) is 24.1. The largest absolute Gasteiger partial charge is 0.372 e. The Morgan fingerprint density at radius 2 is 0.641 bits per heavy atom. The minimum absolute atomic E-state index is 0.176. The highest BCUT2D eigenvalue weighted by Gasteiger charge is 2.47. The first-order chi connectivity index (χ1) is 19.3. The van der Waals surface area contributed by atoms with E-state index in [9.17, 15) is 0 Å². The fourth-order valence-corrected chi connectivity index (χ4v) is 12.4. The molecule has 12 aliphatic rings. The summed E-state index contributed by atoms with van der Waals surface area (Å²) in [5.41, 5.74) is 18.0. The van der Waals surface area contributed by atoms with Gasteiger partial charge in [0.25, 0.3) is 0 Å². The maximum atomic E-state index is 7.02. The highest BCUT2D eigenvalue weighted by Crippen LogP contribution is 2.63. The van der Waals surface area contributed by atoms with Crippen LogP contribution < -0.4 is 0 Å². The minimum atomic E-state index is 0.176. The van der Waals surface area contributed by atoms with Crippen molar-refractivity contribution in [2.45, 2.75) is 156 Å². The Hall–Kier alpha value is -1.60. The van der Waals surface area contributed by atoms with Crippen molar-refractivity contribution in [2.24, 2.45) is 0 Å². The van der Waals surface area contributed by atoms with Gasteiger partial charge >= 0.3 is 0 Å². The number of hydrogen-bond donors (Lipinski definition) is 0. The third-order valence-corrected chi connectivity index (χ3v) is 14.1. The molecule has 0 aromatic heterocycles. The van der Waals surface area contributed by atoms with Gasteiger partial charge in [-0.2, -0.15) is 0 Å². The second-order valence-corrected chi connectivity index (χ2v) is 15.4. The molecule has 1 heteroatoms. The van der Waals surface area contributed by atoms with E-state index in [-0.39, 0.29) is 6.10 Å². The lowest BCUT2D eigenvalue weighted by atomic mass is 9.56. The van der Waals surface area contributed by atoms with Gasteiger partial charge in [-0.25, -0.2) is 0 Å².